The maximum Gasteiger partial charge on any atom is 0.0509 e. The minimum absolute atomic E-state index is 0.486. The summed E-state index contributed by atoms with van der Waals surface area (Å²) in [5.74, 6) is 0.486. The van der Waals surface area contributed by atoms with Gasteiger partial charge >= 0.3 is 0 Å². The second-order valence-corrected chi connectivity index (χ2v) is 4.02. The van der Waals surface area contributed by atoms with Gasteiger partial charge in [-0.05, 0) is 29.9 Å². The van der Waals surface area contributed by atoms with E-state index in [1.165, 1.54) is 22.0 Å². The summed E-state index contributed by atoms with van der Waals surface area (Å²) >= 11 is 0. The van der Waals surface area contributed by atoms with E-state index in [2.05, 4.69) is 50.0 Å². The summed E-state index contributed by atoms with van der Waals surface area (Å²) in [6.07, 6.45) is 1.90. The monoisotopic (exact) mass is 185 g/mol. The van der Waals surface area contributed by atoms with Crippen LogP contribution in [0.25, 0.3) is 10.8 Å². The zero-order valence-electron chi connectivity index (χ0n) is 8.91. The Morgan fingerprint density at radius 1 is 1.14 bits per heavy atom. The van der Waals surface area contributed by atoms with Crippen molar-refractivity contribution in [1.82, 2.24) is 4.98 Å². The van der Waals surface area contributed by atoms with Crippen molar-refractivity contribution in [3.63, 3.8) is 0 Å². The fraction of sp³-hybridized carbons (Fsp3) is 0.308. The van der Waals surface area contributed by atoms with Crippen LogP contribution in [-0.2, 0) is 0 Å². The molecule has 0 unspecified atom stereocenters. The van der Waals surface area contributed by atoms with Crippen LogP contribution in [0.1, 0.15) is 31.0 Å². The summed E-state index contributed by atoms with van der Waals surface area (Å²) in [5, 5.41) is 2.62. The van der Waals surface area contributed by atoms with Gasteiger partial charge in [-0.25, -0.2) is 0 Å². The Kier molecular flexibility index (Phi) is 2.24. The van der Waals surface area contributed by atoms with Crippen molar-refractivity contribution in [3.8, 4) is 0 Å². The summed E-state index contributed by atoms with van der Waals surface area (Å²) in [6.45, 7) is 6.53. The molecule has 2 rings (SSSR count). The zero-order chi connectivity index (χ0) is 10.1. The molecule has 0 atom stereocenters. The first kappa shape index (κ1) is 9.20. The Labute approximate surface area is 84.8 Å². The Morgan fingerprint density at radius 2 is 1.93 bits per heavy atom. The normalized spacial score (nSPS) is 11.1. The number of hydrogen-bond donors (Lipinski definition) is 0. The van der Waals surface area contributed by atoms with Crippen LogP contribution in [0.15, 0.2) is 30.5 Å². The standard InChI is InChI=1S/C13H15N/c1-9(2)13-12-10(3)5-4-6-11(12)7-8-14-13/h4-9H,1-3H3. The lowest BCUT2D eigenvalue weighted by molar-refractivity contribution is 0.834. The molecule has 0 bridgehead atoms. The first-order chi connectivity index (χ1) is 6.70. The van der Waals surface area contributed by atoms with E-state index < -0.39 is 0 Å². The first-order valence-electron chi connectivity index (χ1n) is 5.04. The van der Waals surface area contributed by atoms with E-state index in [0.717, 1.165) is 0 Å². The molecule has 0 aliphatic heterocycles. The average Bonchev–Trinajstić information content (AvgIpc) is 2.17. The van der Waals surface area contributed by atoms with Crippen LogP contribution >= 0.6 is 0 Å². The van der Waals surface area contributed by atoms with Crippen LogP contribution in [0.4, 0.5) is 0 Å². The van der Waals surface area contributed by atoms with Crippen LogP contribution in [0, 0.1) is 6.92 Å². The molecule has 1 aromatic heterocycles. The molecule has 0 saturated heterocycles. The summed E-state index contributed by atoms with van der Waals surface area (Å²) in [5.41, 5.74) is 2.53. The Bertz CT molecular complexity index is 452. The van der Waals surface area contributed by atoms with Gasteiger partial charge in [0, 0.05) is 11.6 Å². The van der Waals surface area contributed by atoms with Gasteiger partial charge < -0.3 is 0 Å². The highest BCUT2D eigenvalue weighted by atomic mass is 14.7. The van der Waals surface area contributed by atoms with Gasteiger partial charge in [-0.1, -0.05) is 32.0 Å². The van der Waals surface area contributed by atoms with Gasteiger partial charge in [-0.3, -0.25) is 4.98 Å². The predicted molar refractivity (Wildman–Crippen MR) is 60.6 cm³/mol. The first-order valence-corrected chi connectivity index (χ1v) is 5.04. The number of aryl methyl sites for hydroxylation is 1. The lowest BCUT2D eigenvalue weighted by atomic mass is 9.99. The van der Waals surface area contributed by atoms with Gasteiger partial charge in [0.25, 0.3) is 0 Å². The minimum Gasteiger partial charge on any atom is -0.260 e. The molecule has 0 saturated carbocycles. The lowest BCUT2D eigenvalue weighted by Crippen LogP contribution is -1.95. The number of benzene rings is 1. The number of nitrogens with zero attached hydrogens (tertiary/aromatic N) is 1. The van der Waals surface area contributed by atoms with Crippen LogP contribution in [0.2, 0.25) is 0 Å². The molecule has 1 heterocycles. The summed E-state index contributed by atoms with van der Waals surface area (Å²) in [6, 6.07) is 8.47. The van der Waals surface area contributed by atoms with E-state index >= 15 is 0 Å². The molecule has 1 aromatic carbocycles. The summed E-state index contributed by atoms with van der Waals surface area (Å²) in [4.78, 5) is 4.47. The lowest BCUT2D eigenvalue weighted by Gasteiger charge is -2.10. The molecule has 0 spiro atoms. The van der Waals surface area contributed by atoms with E-state index in [1.807, 2.05) is 6.20 Å². The largest absolute Gasteiger partial charge is 0.260 e. The molecule has 0 fully saturated rings. The third kappa shape index (κ3) is 1.39. The number of aromatic nitrogens is 1. The van der Waals surface area contributed by atoms with Gasteiger partial charge in [0.15, 0.2) is 0 Å². The summed E-state index contributed by atoms with van der Waals surface area (Å²) < 4.78 is 0. The highest BCUT2D eigenvalue weighted by Crippen LogP contribution is 2.25. The van der Waals surface area contributed by atoms with Gasteiger partial charge in [0.1, 0.15) is 0 Å². The summed E-state index contributed by atoms with van der Waals surface area (Å²) in [7, 11) is 0. The van der Waals surface area contributed by atoms with Crippen LogP contribution in [0.5, 0.6) is 0 Å². The van der Waals surface area contributed by atoms with E-state index in [9.17, 15) is 0 Å². The smallest absolute Gasteiger partial charge is 0.0509 e. The van der Waals surface area contributed by atoms with Crippen LogP contribution in [0.3, 0.4) is 0 Å². The molecule has 0 aliphatic rings. The Hall–Kier alpha value is -1.37. The van der Waals surface area contributed by atoms with E-state index in [4.69, 9.17) is 0 Å². The third-order valence-corrected chi connectivity index (χ3v) is 2.58. The molecule has 1 heteroatoms. The van der Waals surface area contributed by atoms with E-state index in [0.29, 0.717) is 5.92 Å². The molecule has 1 nitrogen and oxygen atoms in total. The van der Waals surface area contributed by atoms with Crippen molar-refractivity contribution in [2.45, 2.75) is 26.7 Å². The molecular formula is C13H15N. The number of rotatable bonds is 1. The highest BCUT2D eigenvalue weighted by Gasteiger charge is 2.07. The zero-order valence-corrected chi connectivity index (χ0v) is 8.91. The van der Waals surface area contributed by atoms with E-state index in [1.54, 1.807) is 0 Å². The predicted octanol–water partition coefficient (Wildman–Crippen LogP) is 3.67. The van der Waals surface area contributed by atoms with Crippen molar-refractivity contribution < 1.29 is 0 Å². The Morgan fingerprint density at radius 3 is 2.64 bits per heavy atom. The second-order valence-electron chi connectivity index (χ2n) is 4.02. The fourth-order valence-corrected chi connectivity index (χ4v) is 1.88. The highest BCUT2D eigenvalue weighted by molar-refractivity contribution is 5.87. The maximum atomic E-state index is 4.47. The molecular weight excluding hydrogens is 170 g/mol. The second kappa shape index (κ2) is 3.41. The molecule has 2 aromatic rings. The van der Waals surface area contributed by atoms with Crippen molar-refractivity contribution >= 4 is 10.8 Å². The van der Waals surface area contributed by atoms with Crippen molar-refractivity contribution in [3.05, 3.63) is 41.7 Å². The Balaban J connectivity index is 2.84. The van der Waals surface area contributed by atoms with Crippen LogP contribution < -0.4 is 0 Å². The molecule has 72 valence electrons. The SMILES string of the molecule is Cc1cccc2ccnc(C(C)C)c12. The van der Waals surface area contributed by atoms with Gasteiger partial charge in [-0.15, -0.1) is 0 Å². The third-order valence-electron chi connectivity index (χ3n) is 2.58. The van der Waals surface area contributed by atoms with Crippen molar-refractivity contribution in [2.24, 2.45) is 0 Å². The topological polar surface area (TPSA) is 12.9 Å². The molecule has 14 heavy (non-hydrogen) atoms. The van der Waals surface area contributed by atoms with E-state index in [-0.39, 0.29) is 0 Å². The molecule has 0 aliphatic carbocycles. The van der Waals surface area contributed by atoms with Crippen molar-refractivity contribution in [2.75, 3.05) is 0 Å². The molecule has 0 amide bonds. The molecule has 0 radical (unpaired) electrons. The average molecular weight is 185 g/mol. The van der Waals surface area contributed by atoms with Gasteiger partial charge in [0.05, 0.1) is 5.69 Å². The number of fused-ring (bicyclic) bond motifs is 1. The van der Waals surface area contributed by atoms with Gasteiger partial charge in [-0.2, -0.15) is 0 Å². The van der Waals surface area contributed by atoms with Gasteiger partial charge in [0.2, 0.25) is 0 Å². The minimum atomic E-state index is 0.486. The maximum absolute atomic E-state index is 4.47. The van der Waals surface area contributed by atoms with Crippen LogP contribution in [-0.4, -0.2) is 4.98 Å². The van der Waals surface area contributed by atoms with Crippen molar-refractivity contribution in [1.29, 1.82) is 0 Å². The quantitative estimate of drug-likeness (QED) is 0.660. The number of pyridine rings is 1. The fourth-order valence-electron chi connectivity index (χ4n) is 1.88. The number of hydrogen-bond acceptors (Lipinski definition) is 1. The molecule has 0 N–H and O–H groups in total.